The summed E-state index contributed by atoms with van der Waals surface area (Å²) in [6.07, 6.45) is 6.48. The lowest BCUT2D eigenvalue weighted by Gasteiger charge is -2.09. The number of pyridine rings is 1. The van der Waals surface area contributed by atoms with E-state index >= 15 is 0 Å². The maximum Gasteiger partial charge on any atom is 0.265 e. The molecule has 2 heterocycles. The third kappa shape index (κ3) is 2.63. The number of nitrogens with zero attached hydrogens (tertiary/aromatic N) is 1. The van der Waals surface area contributed by atoms with Gasteiger partial charge in [0.2, 0.25) is 0 Å². The molecule has 1 aromatic carbocycles. The van der Waals surface area contributed by atoms with Gasteiger partial charge in [-0.05, 0) is 68.0 Å². The quantitative estimate of drug-likeness (QED) is 0.740. The second kappa shape index (κ2) is 5.78. The molecule has 0 spiro atoms. The van der Waals surface area contributed by atoms with Gasteiger partial charge in [0.15, 0.2) is 0 Å². The van der Waals surface area contributed by atoms with Crippen LogP contribution in [0.5, 0.6) is 0 Å². The first-order chi connectivity index (χ1) is 11.2. The molecule has 0 unspecified atom stereocenters. The number of fused-ring (bicyclic) bond motifs is 2. The number of rotatable bonds is 2. The lowest BCUT2D eigenvalue weighted by atomic mass is 9.99. The van der Waals surface area contributed by atoms with E-state index in [-0.39, 0.29) is 5.91 Å². The zero-order valence-corrected chi connectivity index (χ0v) is 13.9. The van der Waals surface area contributed by atoms with E-state index in [2.05, 4.69) is 16.4 Å². The van der Waals surface area contributed by atoms with Crippen LogP contribution in [0.15, 0.2) is 36.5 Å². The maximum atomic E-state index is 12.6. The van der Waals surface area contributed by atoms with E-state index in [1.807, 2.05) is 31.2 Å². The minimum atomic E-state index is -0.0154. The highest BCUT2D eigenvalue weighted by Crippen LogP contribution is 2.31. The predicted octanol–water partition coefficient (Wildman–Crippen LogP) is 4.74. The molecule has 0 saturated heterocycles. The largest absolute Gasteiger partial charge is 0.321 e. The molecule has 0 atom stereocenters. The fourth-order valence-electron chi connectivity index (χ4n) is 3.21. The first kappa shape index (κ1) is 14.4. The van der Waals surface area contributed by atoms with E-state index < -0.39 is 0 Å². The molecule has 2 aromatic heterocycles. The summed E-state index contributed by atoms with van der Waals surface area (Å²) in [6.45, 7) is 2.04. The van der Waals surface area contributed by atoms with Crippen LogP contribution in [0.3, 0.4) is 0 Å². The number of thiophene rings is 1. The van der Waals surface area contributed by atoms with Gasteiger partial charge in [0.1, 0.15) is 0 Å². The van der Waals surface area contributed by atoms with E-state index in [4.69, 9.17) is 0 Å². The minimum absolute atomic E-state index is 0.0154. The molecule has 1 aliphatic carbocycles. The van der Waals surface area contributed by atoms with Crippen molar-refractivity contribution in [3.05, 3.63) is 57.4 Å². The SMILES string of the molecule is Cc1ccc(NC(=O)c2cc3c(s2)CCCC3)c2cccnc12. The van der Waals surface area contributed by atoms with Crippen LogP contribution in [0.1, 0.15) is 38.5 Å². The van der Waals surface area contributed by atoms with Gasteiger partial charge in [-0.2, -0.15) is 0 Å². The number of aryl methyl sites for hydroxylation is 3. The van der Waals surface area contributed by atoms with Gasteiger partial charge < -0.3 is 5.32 Å². The third-order valence-corrected chi connectivity index (χ3v) is 5.68. The van der Waals surface area contributed by atoms with Gasteiger partial charge in [-0.25, -0.2) is 0 Å². The minimum Gasteiger partial charge on any atom is -0.321 e. The second-order valence-electron chi connectivity index (χ2n) is 6.05. The molecule has 23 heavy (non-hydrogen) atoms. The molecule has 1 amide bonds. The molecule has 116 valence electrons. The molecule has 1 N–H and O–H groups in total. The summed E-state index contributed by atoms with van der Waals surface area (Å²) in [5.41, 5.74) is 4.25. The summed E-state index contributed by atoms with van der Waals surface area (Å²) in [7, 11) is 0. The normalized spacial score (nSPS) is 13.8. The summed E-state index contributed by atoms with van der Waals surface area (Å²) in [5, 5.41) is 4.06. The lowest BCUT2D eigenvalue weighted by Crippen LogP contribution is -2.10. The highest BCUT2D eigenvalue weighted by atomic mass is 32.1. The summed E-state index contributed by atoms with van der Waals surface area (Å²) in [5.74, 6) is -0.0154. The van der Waals surface area contributed by atoms with E-state index in [1.165, 1.54) is 23.3 Å². The first-order valence-electron chi connectivity index (χ1n) is 7.99. The smallest absolute Gasteiger partial charge is 0.265 e. The van der Waals surface area contributed by atoms with Crippen LogP contribution in [-0.4, -0.2) is 10.9 Å². The number of carbonyl (C=O) groups is 1. The molecule has 3 aromatic rings. The Kier molecular flexibility index (Phi) is 3.62. The van der Waals surface area contributed by atoms with Gasteiger partial charge in [-0.1, -0.05) is 6.07 Å². The number of carbonyl (C=O) groups excluding carboxylic acids is 1. The highest BCUT2D eigenvalue weighted by Gasteiger charge is 2.18. The van der Waals surface area contributed by atoms with Crippen LogP contribution in [0, 0.1) is 6.92 Å². The van der Waals surface area contributed by atoms with Crippen molar-refractivity contribution >= 4 is 33.8 Å². The Hall–Kier alpha value is -2.20. The molecule has 4 heteroatoms. The second-order valence-corrected chi connectivity index (χ2v) is 7.19. The van der Waals surface area contributed by atoms with Crippen molar-refractivity contribution in [2.45, 2.75) is 32.6 Å². The Balaban J connectivity index is 1.67. The number of nitrogens with one attached hydrogen (secondary N) is 1. The van der Waals surface area contributed by atoms with Gasteiger partial charge in [0.05, 0.1) is 16.1 Å². The molecule has 0 bridgehead atoms. The molecule has 0 fully saturated rings. The van der Waals surface area contributed by atoms with Crippen LogP contribution >= 0.6 is 11.3 Å². The van der Waals surface area contributed by atoms with Crippen molar-refractivity contribution < 1.29 is 4.79 Å². The Labute approximate surface area is 139 Å². The van der Waals surface area contributed by atoms with Crippen molar-refractivity contribution in [2.24, 2.45) is 0 Å². The Morgan fingerprint density at radius 1 is 1.22 bits per heavy atom. The molecule has 1 aliphatic rings. The molecule has 0 saturated carbocycles. The van der Waals surface area contributed by atoms with E-state index in [1.54, 1.807) is 17.5 Å². The van der Waals surface area contributed by atoms with Crippen LogP contribution in [-0.2, 0) is 12.8 Å². The number of hydrogen-bond donors (Lipinski definition) is 1. The summed E-state index contributed by atoms with van der Waals surface area (Å²) in [4.78, 5) is 19.3. The Morgan fingerprint density at radius 2 is 2.09 bits per heavy atom. The standard InChI is InChI=1S/C19H18N2OS/c1-12-8-9-15(14-6-4-10-20-18(12)14)21-19(22)17-11-13-5-2-3-7-16(13)23-17/h4,6,8-11H,2-3,5,7H2,1H3,(H,21,22). The van der Waals surface area contributed by atoms with Crippen LogP contribution in [0.25, 0.3) is 10.9 Å². The summed E-state index contributed by atoms with van der Waals surface area (Å²) in [6, 6.07) is 9.95. The number of aromatic nitrogens is 1. The summed E-state index contributed by atoms with van der Waals surface area (Å²) < 4.78 is 0. The fraction of sp³-hybridized carbons (Fsp3) is 0.263. The number of amides is 1. The third-order valence-electron chi connectivity index (χ3n) is 4.44. The predicted molar refractivity (Wildman–Crippen MR) is 95.4 cm³/mol. The Morgan fingerprint density at radius 3 is 2.96 bits per heavy atom. The van der Waals surface area contributed by atoms with Gasteiger partial charge in [-0.15, -0.1) is 11.3 Å². The van der Waals surface area contributed by atoms with Crippen molar-refractivity contribution in [2.75, 3.05) is 5.32 Å². The topological polar surface area (TPSA) is 42.0 Å². The van der Waals surface area contributed by atoms with E-state index in [0.29, 0.717) is 0 Å². The zero-order valence-electron chi connectivity index (χ0n) is 13.1. The Bertz CT molecular complexity index is 874. The van der Waals surface area contributed by atoms with Gasteiger partial charge in [0, 0.05) is 16.5 Å². The maximum absolute atomic E-state index is 12.6. The molecule has 3 nitrogen and oxygen atoms in total. The van der Waals surface area contributed by atoms with Crippen LogP contribution in [0.4, 0.5) is 5.69 Å². The van der Waals surface area contributed by atoms with Crippen molar-refractivity contribution in [3.8, 4) is 0 Å². The van der Waals surface area contributed by atoms with Crippen molar-refractivity contribution in [1.82, 2.24) is 4.98 Å². The molecular weight excluding hydrogens is 304 g/mol. The monoisotopic (exact) mass is 322 g/mol. The molecule has 0 radical (unpaired) electrons. The zero-order chi connectivity index (χ0) is 15.8. The first-order valence-corrected chi connectivity index (χ1v) is 8.81. The van der Waals surface area contributed by atoms with E-state index in [0.717, 1.165) is 39.9 Å². The van der Waals surface area contributed by atoms with Gasteiger partial charge in [-0.3, -0.25) is 9.78 Å². The van der Waals surface area contributed by atoms with E-state index in [9.17, 15) is 4.79 Å². The number of hydrogen-bond acceptors (Lipinski definition) is 3. The van der Waals surface area contributed by atoms with Crippen molar-refractivity contribution in [1.29, 1.82) is 0 Å². The van der Waals surface area contributed by atoms with Crippen LogP contribution in [0.2, 0.25) is 0 Å². The molecule has 0 aliphatic heterocycles. The van der Waals surface area contributed by atoms with Gasteiger partial charge in [0.25, 0.3) is 5.91 Å². The molecular formula is C19H18N2OS. The van der Waals surface area contributed by atoms with Crippen molar-refractivity contribution in [3.63, 3.8) is 0 Å². The molecule has 4 rings (SSSR count). The highest BCUT2D eigenvalue weighted by molar-refractivity contribution is 7.14. The number of anilines is 1. The lowest BCUT2D eigenvalue weighted by molar-refractivity contribution is 0.103. The van der Waals surface area contributed by atoms with Crippen LogP contribution < -0.4 is 5.32 Å². The summed E-state index contributed by atoms with van der Waals surface area (Å²) >= 11 is 1.64. The average Bonchev–Trinajstić information content (AvgIpc) is 3.02. The average molecular weight is 322 g/mol. The fourth-order valence-corrected chi connectivity index (χ4v) is 4.36. The number of benzene rings is 1. The van der Waals surface area contributed by atoms with Gasteiger partial charge >= 0.3 is 0 Å².